The van der Waals surface area contributed by atoms with Crippen molar-refractivity contribution in [3.63, 3.8) is 0 Å². The third-order valence-corrected chi connectivity index (χ3v) is 3.54. The molecule has 1 N–H and O–H groups in total. The highest BCUT2D eigenvalue weighted by atomic mass is 16.4. The van der Waals surface area contributed by atoms with Crippen LogP contribution in [0.5, 0.6) is 0 Å². The van der Waals surface area contributed by atoms with Crippen LogP contribution in [-0.2, 0) is 18.3 Å². The van der Waals surface area contributed by atoms with Crippen molar-refractivity contribution in [1.29, 1.82) is 0 Å². The minimum absolute atomic E-state index is 0.561. The van der Waals surface area contributed by atoms with Gasteiger partial charge in [0.25, 0.3) is 0 Å². The van der Waals surface area contributed by atoms with Crippen LogP contribution in [0, 0.1) is 5.41 Å². The predicted octanol–water partition coefficient (Wildman–Crippen LogP) is 0.759. The van der Waals surface area contributed by atoms with Crippen LogP contribution >= 0.6 is 0 Å². The first-order valence-electron chi connectivity index (χ1n) is 5.93. The second kappa shape index (κ2) is 4.49. The predicted molar refractivity (Wildman–Crippen MR) is 63.7 cm³/mol. The zero-order chi connectivity index (χ0) is 12.5. The average molecular weight is 237 g/mol. The first-order chi connectivity index (χ1) is 7.99. The fourth-order valence-electron chi connectivity index (χ4n) is 2.31. The van der Waals surface area contributed by atoms with E-state index in [9.17, 15) is 4.79 Å². The summed E-state index contributed by atoms with van der Waals surface area (Å²) in [6, 6.07) is 0. The smallest absolute Gasteiger partial charge is 0.310 e. The molecule has 5 heteroatoms. The molecule has 1 fully saturated rings. The number of rotatable bonds is 4. The van der Waals surface area contributed by atoms with Crippen molar-refractivity contribution in [3.8, 4) is 0 Å². The van der Waals surface area contributed by atoms with Gasteiger partial charge in [0.05, 0.1) is 11.6 Å². The third-order valence-electron chi connectivity index (χ3n) is 3.54. The molecule has 17 heavy (non-hydrogen) atoms. The highest BCUT2D eigenvalue weighted by Gasteiger charge is 2.39. The molecule has 1 atom stereocenters. The van der Waals surface area contributed by atoms with Crippen molar-refractivity contribution < 1.29 is 9.90 Å². The van der Waals surface area contributed by atoms with Gasteiger partial charge in [-0.2, -0.15) is 5.10 Å². The minimum atomic E-state index is -0.679. The van der Waals surface area contributed by atoms with Crippen molar-refractivity contribution >= 4 is 5.97 Å². The first-order valence-corrected chi connectivity index (χ1v) is 5.93. The molecular weight excluding hydrogens is 218 g/mol. The molecule has 0 saturated carbocycles. The molecule has 0 radical (unpaired) electrons. The lowest BCUT2D eigenvalue weighted by Crippen LogP contribution is -2.32. The Balaban J connectivity index is 1.84. The van der Waals surface area contributed by atoms with Crippen LogP contribution in [-0.4, -0.2) is 45.4 Å². The van der Waals surface area contributed by atoms with Crippen molar-refractivity contribution in [2.45, 2.75) is 19.8 Å². The number of aryl methyl sites for hydroxylation is 1. The van der Waals surface area contributed by atoms with E-state index in [0.29, 0.717) is 6.54 Å². The van der Waals surface area contributed by atoms with E-state index in [1.54, 1.807) is 4.68 Å². The van der Waals surface area contributed by atoms with E-state index in [2.05, 4.69) is 10.00 Å². The van der Waals surface area contributed by atoms with E-state index in [4.69, 9.17) is 5.11 Å². The summed E-state index contributed by atoms with van der Waals surface area (Å²) in [7, 11) is 1.90. The van der Waals surface area contributed by atoms with Crippen LogP contribution in [0.3, 0.4) is 0 Å². The Morgan fingerprint density at radius 3 is 2.94 bits per heavy atom. The zero-order valence-corrected chi connectivity index (χ0v) is 10.4. The molecule has 1 aromatic heterocycles. The second-order valence-electron chi connectivity index (χ2n) is 5.16. The van der Waals surface area contributed by atoms with Gasteiger partial charge in [0.15, 0.2) is 0 Å². The maximum Gasteiger partial charge on any atom is 0.310 e. The number of nitrogens with zero attached hydrogens (tertiary/aromatic N) is 3. The summed E-state index contributed by atoms with van der Waals surface area (Å²) in [5.41, 5.74) is 0.644. The van der Waals surface area contributed by atoms with Crippen LogP contribution in [0.15, 0.2) is 12.4 Å². The number of hydrogen-bond acceptors (Lipinski definition) is 3. The number of carboxylic acid groups (broad SMARTS) is 1. The topological polar surface area (TPSA) is 58.4 Å². The van der Waals surface area contributed by atoms with E-state index in [0.717, 1.165) is 25.9 Å². The van der Waals surface area contributed by atoms with Gasteiger partial charge in [-0.05, 0) is 31.9 Å². The Labute approximate surface area is 101 Å². The molecule has 2 rings (SSSR count). The lowest BCUT2D eigenvalue weighted by molar-refractivity contribution is -0.147. The highest BCUT2D eigenvalue weighted by molar-refractivity contribution is 5.74. The van der Waals surface area contributed by atoms with Gasteiger partial charge in [0.1, 0.15) is 0 Å². The van der Waals surface area contributed by atoms with E-state index in [1.165, 1.54) is 5.56 Å². The van der Waals surface area contributed by atoms with Gasteiger partial charge in [-0.3, -0.25) is 9.48 Å². The summed E-state index contributed by atoms with van der Waals surface area (Å²) >= 11 is 0. The van der Waals surface area contributed by atoms with Crippen LogP contribution in [0.1, 0.15) is 18.9 Å². The summed E-state index contributed by atoms with van der Waals surface area (Å²) in [5, 5.41) is 13.3. The van der Waals surface area contributed by atoms with Crippen LogP contribution < -0.4 is 0 Å². The molecule has 0 amide bonds. The fraction of sp³-hybridized carbons (Fsp3) is 0.667. The number of carbonyl (C=O) groups is 1. The second-order valence-corrected chi connectivity index (χ2v) is 5.16. The number of aromatic nitrogens is 2. The lowest BCUT2D eigenvalue weighted by Gasteiger charge is -2.19. The Bertz CT molecular complexity index is 416. The van der Waals surface area contributed by atoms with E-state index < -0.39 is 11.4 Å². The molecular formula is C12H19N3O2. The quantitative estimate of drug-likeness (QED) is 0.840. The zero-order valence-electron chi connectivity index (χ0n) is 10.4. The Kier molecular flexibility index (Phi) is 3.19. The van der Waals surface area contributed by atoms with Gasteiger partial charge >= 0.3 is 5.97 Å². The molecule has 1 aliphatic rings. The maximum absolute atomic E-state index is 11.1. The van der Waals surface area contributed by atoms with Crippen molar-refractivity contribution in [2.24, 2.45) is 12.5 Å². The molecule has 0 spiro atoms. The van der Waals surface area contributed by atoms with Gasteiger partial charge in [0, 0.05) is 26.3 Å². The standard InChI is InChI=1S/C12H19N3O2/c1-12(11(16)17)4-6-15(9-12)5-3-10-7-13-14(2)8-10/h7-8H,3-6,9H2,1-2H3,(H,16,17). The number of aliphatic carboxylic acids is 1. The molecule has 2 heterocycles. The van der Waals surface area contributed by atoms with Crippen LogP contribution in [0.4, 0.5) is 0 Å². The summed E-state index contributed by atoms with van der Waals surface area (Å²) in [6.45, 7) is 4.28. The lowest BCUT2D eigenvalue weighted by atomic mass is 9.90. The molecule has 0 aliphatic carbocycles. The van der Waals surface area contributed by atoms with Crippen LogP contribution in [0.2, 0.25) is 0 Å². The van der Waals surface area contributed by atoms with Crippen molar-refractivity contribution in [1.82, 2.24) is 14.7 Å². The molecule has 5 nitrogen and oxygen atoms in total. The third kappa shape index (κ3) is 2.66. The first kappa shape index (κ1) is 12.1. The monoisotopic (exact) mass is 237 g/mol. The molecule has 1 saturated heterocycles. The fourth-order valence-corrected chi connectivity index (χ4v) is 2.31. The summed E-state index contributed by atoms with van der Waals surface area (Å²) in [5.74, 6) is -0.679. The minimum Gasteiger partial charge on any atom is -0.481 e. The van der Waals surface area contributed by atoms with Crippen molar-refractivity contribution in [3.05, 3.63) is 18.0 Å². The molecule has 1 unspecified atom stereocenters. The summed E-state index contributed by atoms with van der Waals surface area (Å²) < 4.78 is 1.79. The largest absolute Gasteiger partial charge is 0.481 e. The maximum atomic E-state index is 11.1. The number of hydrogen-bond donors (Lipinski definition) is 1. The molecule has 1 aliphatic heterocycles. The molecule has 94 valence electrons. The van der Waals surface area contributed by atoms with Crippen molar-refractivity contribution in [2.75, 3.05) is 19.6 Å². The van der Waals surface area contributed by atoms with Gasteiger partial charge in [0.2, 0.25) is 0 Å². The Morgan fingerprint density at radius 1 is 1.65 bits per heavy atom. The molecule has 0 bridgehead atoms. The van der Waals surface area contributed by atoms with Gasteiger partial charge < -0.3 is 10.0 Å². The normalized spacial score (nSPS) is 25.3. The highest BCUT2D eigenvalue weighted by Crippen LogP contribution is 2.29. The van der Waals surface area contributed by atoms with Gasteiger partial charge in [-0.15, -0.1) is 0 Å². The Morgan fingerprint density at radius 2 is 2.41 bits per heavy atom. The van der Waals surface area contributed by atoms with E-state index >= 15 is 0 Å². The Hall–Kier alpha value is -1.36. The summed E-state index contributed by atoms with van der Waals surface area (Å²) in [6.07, 6.45) is 5.55. The number of likely N-dealkylation sites (tertiary alicyclic amines) is 1. The van der Waals surface area contributed by atoms with E-state index in [1.807, 2.05) is 26.4 Å². The van der Waals surface area contributed by atoms with Gasteiger partial charge in [-0.1, -0.05) is 0 Å². The van der Waals surface area contributed by atoms with E-state index in [-0.39, 0.29) is 0 Å². The SMILES string of the molecule is Cn1cc(CCN2CCC(C)(C(=O)O)C2)cn1. The molecule has 0 aromatic carbocycles. The average Bonchev–Trinajstić information content (AvgIpc) is 2.83. The summed E-state index contributed by atoms with van der Waals surface area (Å²) in [4.78, 5) is 13.3. The molecule has 1 aromatic rings. The van der Waals surface area contributed by atoms with Gasteiger partial charge in [-0.25, -0.2) is 0 Å². The number of carboxylic acids is 1. The van der Waals surface area contributed by atoms with Crippen LogP contribution in [0.25, 0.3) is 0 Å².